The standard InChI is InChI=1S/C60H40N12O4/c61-33-21-13-29(14-22-33)49(73)43-44(50(74)30-15-23-34(62)24-16-30)46(52(76)32-19-27-36(64)28-20-32)48-47(45(43)51(75)31-17-25-35(63)26-18-31)59-70-57-41-11-5-3-9-39(41)55(68-57)66-53-37-7-1-2-8-38(37)54(65-53)67-56-40-10-4-6-12-42(40)58(69-56)71-60(48)72-59/h1-28H,61-64H2,(H4,65,66,67,68,69,70,71,72). The molecule has 0 fully saturated rings. The van der Waals surface area contributed by atoms with Crippen molar-refractivity contribution in [3.8, 4) is 0 Å². The van der Waals surface area contributed by atoms with Gasteiger partial charge in [0.05, 0.1) is 0 Å². The maximum Gasteiger partial charge on any atom is 0.194 e. The van der Waals surface area contributed by atoms with E-state index in [4.69, 9.17) is 42.9 Å². The van der Waals surface area contributed by atoms with Gasteiger partial charge in [-0.05, 0) is 97.1 Å². The van der Waals surface area contributed by atoms with E-state index in [2.05, 4.69) is 19.9 Å². The lowest BCUT2D eigenvalue weighted by Crippen LogP contribution is -2.24. The van der Waals surface area contributed by atoms with Crippen molar-refractivity contribution in [1.82, 2.24) is 19.9 Å². The van der Waals surface area contributed by atoms with E-state index in [0.717, 1.165) is 10.8 Å². The van der Waals surface area contributed by atoms with Crippen LogP contribution in [0, 0.1) is 0 Å². The molecule has 0 amide bonds. The molecular weight excluding hydrogens is 953 g/mol. The normalized spacial score (nSPS) is 12.0. The molecule has 16 nitrogen and oxygen atoms in total. The van der Waals surface area contributed by atoms with Gasteiger partial charge in [0.25, 0.3) is 0 Å². The van der Waals surface area contributed by atoms with Crippen molar-refractivity contribution in [3.05, 3.63) is 236 Å². The third-order valence-corrected chi connectivity index (χ3v) is 13.7. The summed E-state index contributed by atoms with van der Waals surface area (Å²) in [6.07, 6.45) is 0. The third kappa shape index (κ3) is 7.31. The molecule has 0 saturated carbocycles. The molecule has 0 aliphatic carbocycles. The Morgan fingerprint density at radius 3 is 0.803 bits per heavy atom. The molecule has 0 atom stereocenters. The predicted octanol–water partition coefficient (Wildman–Crippen LogP) is 8.98. The minimum atomic E-state index is -0.764. The first-order valence-corrected chi connectivity index (χ1v) is 24.0. The fraction of sp³-hybridized carbons (Fsp3) is 0. The van der Waals surface area contributed by atoms with E-state index in [1.165, 1.54) is 72.8 Å². The number of benzene rings is 8. The quantitative estimate of drug-likeness (QED) is 0.0536. The van der Waals surface area contributed by atoms with Crippen LogP contribution < -0.4 is 44.9 Å². The van der Waals surface area contributed by atoms with Crippen LogP contribution in [-0.4, -0.2) is 43.1 Å². The van der Waals surface area contributed by atoms with Crippen LogP contribution in [0.25, 0.3) is 43.1 Å². The summed E-state index contributed by atoms with van der Waals surface area (Å²) in [6, 6.07) is 47.4. The van der Waals surface area contributed by atoms with E-state index in [-0.39, 0.29) is 66.3 Å². The number of nitrogens with two attached hydrogens (primary N) is 4. The first kappa shape index (κ1) is 44.9. The number of hydrogen-bond acceptors (Lipinski definition) is 12. The zero-order chi connectivity index (χ0) is 51.9. The SMILES string of the molecule is Nc1ccc(C(=O)c2c(C(=O)c3ccc(N)cc3)c(C(=O)c3ccc(N)cc3)c3c4[nH]c(c3c2C(=O)c2ccc(N)cc2)=Nc2[nH]c(c3ccccc23)N=c2[nH]c(c3ccccc23)=Nc2[nH]c(c3ccccc23)N=4)cc1. The highest BCUT2D eigenvalue weighted by atomic mass is 16.1. The summed E-state index contributed by atoms with van der Waals surface area (Å²) >= 11 is 0. The molecule has 13 rings (SSSR count). The van der Waals surface area contributed by atoms with Crippen molar-refractivity contribution in [2.24, 2.45) is 20.0 Å². The van der Waals surface area contributed by atoms with Crippen molar-refractivity contribution < 1.29 is 19.2 Å². The van der Waals surface area contributed by atoms with Crippen LogP contribution in [0.3, 0.4) is 0 Å². The number of nitrogens with zero attached hydrogens (tertiary/aromatic N) is 4. The van der Waals surface area contributed by atoms with E-state index >= 15 is 19.2 Å². The summed E-state index contributed by atoms with van der Waals surface area (Å²) in [5.41, 5.74) is 26.4. The van der Waals surface area contributed by atoms with Crippen LogP contribution in [-0.2, 0) is 0 Å². The summed E-state index contributed by atoms with van der Waals surface area (Å²) in [5.74, 6) is -1.42. The fourth-order valence-electron chi connectivity index (χ4n) is 10.1. The molecule has 1 aliphatic rings. The highest BCUT2D eigenvalue weighted by molar-refractivity contribution is 6.35. The summed E-state index contributed by atoms with van der Waals surface area (Å²) in [6.45, 7) is 0. The fourth-order valence-corrected chi connectivity index (χ4v) is 10.1. The second-order valence-corrected chi connectivity index (χ2v) is 18.4. The number of hydrogen-bond donors (Lipinski definition) is 8. The van der Waals surface area contributed by atoms with E-state index in [9.17, 15) is 0 Å². The number of ketones is 4. The second-order valence-electron chi connectivity index (χ2n) is 18.4. The van der Waals surface area contributed by atoms with E-state index in [1.54, 1.807) is 24.3 Å². The van der Waals surface area contributed by atoms with E-state index < -0.39 is 23.1 Å². The Morgan fingerprint density at radius 2 is 0.513 bits per heavy atom. The molecule has 0 unspecified atom stereocenters. The third-order valence-electron chi connectivity index (χ3n) is 13.7. The van der Waals surface area contributed by atoms with Gasteiger partial charge in [0.15, 0.2) is 23.1 Å². The van der Waals surface area contributed by atoms with Gasteiger partial charge in [-0.2, -0.15) is 0 Å². The summed E-state index contributed by atoms with van der Waals surface area (Å²) in [5, 5.41) is 4.34. The van der Waals surface area contributed by atoms with Crippen molar-refractivity contribution in [2.75, 3.05) is 22.9 Å². The Hall–Kier alpha value is -11.0. The predicted molar refractivity (Wildman–Crippen MR) is 294 cm³/mol. The van der Waals surface area contributed by atoms with Crippen LogP contribution >= 0.6 is 0 Å². The number of nitrogen functional groups attached to an aromatic ring is 4. The molecule has 76 heavy (non-hydrogen) atoms. The Kier molecular flexibility index (Phi) is 10.3. The van der Waals surface area contributed by atoms with Crippen molar-refractivity contribution in [2.45, 2.75) is 0 Å². The van der Waals surface area contributed by atoms with Gasteiger partial charge < -0.3 is 42.9 Å². The van der Waals surface area contributed by atoms with Crippen LogP contribution in [0.15, 0.2) is 190 Å². The topological polar surface area (TPSA) is 285 Å². The summed E-state index contributed by atoms with van der Waals surface area (Å²) in [4.78, 5) is 98.6. The van der Waals surface area contributed by atoms with Gasteiger partial charge in [-0.25, -0.2) is 20.0 Å². The summed E-state index contributed by atoms with van der Waals surface area (Å²) in [7, 11) is 0. The molecule has 8 bridgehead atoms. The van der Waals surface area contributed by atoms with Gasteiger partial charge >= 0.3 is 0 Å². The Bertz CT molecular complexity index is 4440. The Labute approximate surface area is 428 Å². The number of aromatic amines is 4. The molecule has 364 valence electrons. The maximum atomic E-state index is 16.0. The summed E-state index contributed by atoms with van der Waals surface area (Å²) < 4.78 is 0. The van der Waals surface area contributed by atoms with Gasteiger partial charge in [0.2, 0.25) is 0 Å². The van der Waals surface area contributed by atoms with Crippen molar-refractivity contribution in [1.29, 1.82) is 0 Å². The highest BCUT2D eigenvalue weighted by Crippen LogP contribution is 2.39. The number of rotatable bonds is 8. The lowest BCUT2D eigenvalue weighted by molar-refractivity contribution is 0.0983. The number of nitrogens with one attached hydrogen (secondary N) is 4. The molecular formula is C60H40N12O4. The van der Waals surface area contributed by atoms with Crippen molar-refractivity contribution >= 4 is 112 Å². The molecule has 12 N–H and O–H groups in total. The van der Waals surface area contributed by atoms with Gasteiger partial charge in [-0.1, -0.05) is 72.8 Å². The van der Waals surface area contributed by atoms with Crippen LogP contribution in [0.1, 0.15) is 63.7 Å². The smallest absolute Gasteiger partial charge is 0.194 e. The number of H-pyrrole nitrogens is 4. The van der Waals surface area contributed by atoms with E-state index in [0.29, 0.717) is 78.5 Å². The molecule has 0 spiro atoms. The van der Waals surface area contributed by atoms with Gasteiger partial charge in [-0.15, -0.1) is 0 Å². The first-order chi connectivity index (χ1) is 37.0. The maximum absolute atomic E-state index is 16.0. The molecule has 8 aromatic carbocycles. The minimum absolute atomic E-state index is 0.00821. The molecule has 0 saturated heterocycles. The van der Waals surface area contributed by atoms with Gasteiger partial charge in [-0.3, -0.25) is 19.2 Å². The van der Waals surface area contributed by atoms with Crippen LogP contribution in [0.4, 0.5) is 46.0 Å². The Balaban J connectivity index is 1.30. The zero-order valence-corrected chi connectivity index (χ0v) is 39.9. The molecule has 0 radical (unpaired) electrons. The van der Waals surface area contributed by atoms with Crippen LogP contribution in [0.2, 0.25) is 0 Å². The number of carbonyl (C=O) groups is 4. The zero-order valence-electron chi connectivity index (χ0n) is 39.9. The lowest BCUT2D eigenvalue weighted by Gasteiger charge is -2.19. The second kappa shape index (κ2) is 17.3. The molecule has 1 aliphatic heterocycles. The lowest BCUT2D eigenvalue weighted by atomic mass is 9.79. The van der Waals surface area contributed by atoms with Crippen molar-refractivity contribution in [3.63, 3.8) is 0 Å². The average molecular weight is 993 g/mol. The largest absolute Gasteiger partial charge is 0.399 e. The first-order valence-electron chi connectivity index (χ1n) is 24.0. The minimum Gasteiger partial charge on any atom is -0.399 e. The number of fused-ring (bicyclic) bond motifs is 20. The number of aromatic nitrogens is 4. The van der Waals surface area contributed by atoms with Gasteiger partial charge in [0.1, 0.15) is 45.2 Å². The molecule has 16 heteroatoms. The highest BCUT2D eigenvalue weighted by Gasteiger charge is 2.37. The molecule has 5 heterocycles. The average Bonchev–Trinajstić information content (AvgIpc) is 4.31. The van der Waals surface area contributed by atoms with Gasteiger partial charge in [0, 0.05) is 110 Å². The monoisotopic (exact) mass is 992 g/mol. The molecule has 12 aromatic rings. The van der Waals surface area contributed by atoms with Crippen LogP contribution in [0.5, 0.6) is 0 Å². The number of carbonyl (C=O) groups excluding carboxylic acids is 4. The number of anilines is 4. The Morgan fingerprint density at radius 1 is 0.276 bits per heavy atom. The molecule has 4 aromatic heterocycles. The van der Waals surface area contributed by atoms with E-state index in [1.807, 2.05) is 72.8 Å².